The van der Waals surface area contributed by atoms with Crippen molar-refractivity contribution in [2.24, 2.45) is 5.10 Å². The number of halogens is 1. The lowest BCUT2D eigenvalue weighted by Crippen LogP contribution is -2.18. The van der Waals surface area contributed by atoms with E-state index < -0.39 is 5.91 Å². The average Bonchev–Trinajstić information content (AvgIpc) is 3.24. The van der Waals surface area contributed by atoms with Gasteiger partial charge < -0.3 is 4.74 Å². The van der Waals surface area contributed by atoms with Gasteiger partial charge in [-0.3, -0.25) is 9.89 Å². The molecule has 29 heavy (non-hydrogen) atoms. The van der Waals surface area contributed by atoms with Gasteiger partial charge in [0.25, 0.3) is 5.91 Å². The van der Waals surface area contributed by atoms with Crippen molar-refractivity contribution in [3.05, 3.63) is 83.0 Å². The highest BCUT2D eigenvalue weighted by atomic mass is 35.5. The molecule has 1 aromatic heterocycles. The quantitative estimate of drug-likeness (QED) is 0.375. The van der Waals surface area contributed by atoms with Crippen molar-refractivity contribution in [3.8, 4) is 17.0 Å². The predicted octanol–water partition coefficient (Wildman–Crippen LogP) is 4.66. The van der Waals surface area contributed by atoms with Crippen molar-refractivity contribution < 1.29 is 9.53 Å². The second kappa shape index (κ2) is 8.16. The number of amides is 1. The van der Waals surface area contributed by atoms with Gasteiger partial charge in [-0.25, -0.2) is 5.43 Å². The number of nitrogens with one attached hydrogen (secondary N) is 2. The van der Waals surface area contributed by atoms with Crippen molar-refractivity contribution in [1.82, 2.24) is 15.6 Å². The molecule has 0 aliphatic carbocycles. The van der Waals surface area contributed by atoms with E-state index in [1.165, 1.54) is 0 Å². The van der Waals surface area contributed by atoms with Gasteiger partial charge in [0.2, 0.25) is 0 Å². The highest BCUT2D eigenvalue weighted by Crippen LogP contribution is 2.26. The molecule has 1 heterocycles. The monoisotopic (exact) mass is 404 g/mol. The van der Waals surface area contributed by atoms with Gasteiger partial charge in [-0.2, -0.15) is 10.2 Å². The van der Waals surface area contributed by atoms with E-state index in [1.54, 1.807) is 31.5 Å². The topological polar surface area (TPSA) is 79.4 Å². The zero-order chi connectivity index (χ0) is 20.2. The maximum absolute atomic E-state index is 12.4. The van der Waals surface area contributed by atoms with E-state index in [0.717, 1.165) is 21.9 Å². The smallest absolute Gasteiger partial charge is 0.289 e. The Balaban J connectivity index is 1.53. The number of hydrogen-bond donors (Lipinski definition) is 2. The number of hydrazone groups is 1. The van der Waals surface area contributed by atoms with Gasteiger partial charge in [-0.05, 0) is 35.0 Å². The largest absolute Gasteiger partial charge is 0.496 e. The SMILES string of the molecule is COc1ccc2ccccc2c1/C=N/NC(=O)c1cc(-c2ccc(Cl)cc2)n[nH]1. The highest BCUT2D eigenvalue weighted by molar-refractivity contribution is 6.30. The molecule has 0 spiro atoms. The lowest BCUT2D eigenvalue weighted by Gasteiger charge is -2.08. The summed E-state index contributed by atoms with van der Waals surface area (Å²) in [6, 6.07) is 20.6. The van der Waals surface area contributed by atoms with Crippen molar-refractivity contribution in [1.29, 1.82) is 0 Å². The van der Waals surface area contributed by atoms with Gasteiger partial charge >= 0.3 is 0 Å². The number of carbonyl (C=O) groups is 1. The standard InChI is InChI=1S/C22H17ClN4O2/c1-29-21-11-8-14-4-2-3-5-17(14)18(21)13-24-27-22(28)20-12-19(25-26-20)15-6-9-16(23)10-7-15/h2-13H,1H3,(H,25,26)(H,27,28)/b24-13+. The molecular formula is C22H17ClN4O2. The second-order valence-corrected chi connectivity index (χ2v) is 6.71. The third-order valence-corrected chi connectivity index (χ3v) is 4.72. The van der Waals surface area contributed by atoms with E-state index in [2.05, 4.69) is 20.7 Å². The molecule has 0 atom stereocenters. The number of fused-ring (bicyclic) bond motifs is 1. The number of ether oxygens (including phenoxy) is 1. The number of H-pyrrole nitrogens is 1. The Morgan fingerprint density at radius 1 is 1.14 bits per heavy atom. The van der Waals surface area contributed by atoms with E-state index in [1.807, 2.05) is 48.5 Å². The molecule has 7 heteroatoms. The molecule has 0 radical (unpaired) electrons. The molecule has 3 aromatic carbocycles. The van der Waals surface area contributed by atoms with Crippen LogP contribution in [-0.4, -0.2) is 29.4 Å². The second-order valence-electron chi connectivity index (χ2n) is 6.28. The Hall–Kier alpha value is -3.64. The number of aromatic amines is 1. The average molecular weight is 405 g/mol. The van der Waals surface area contributed by atoms with E-state index in [4.69, 9.17) is 16.3 Å². The van der Waals surface area contributed by atoms with Crippen LogP contribution in [0.15, 0.2) is 71.8 Å². The van der Waals surface area contributed by atoms with Gasteiger partial charge in [-0.15, -0.1) is 0 Å². The number of hydrogen-bond acceptors (Lipinski definition) is 4. The number of methoxy groups -OCH3 is 1. The Labute approximate surface area is 172 Å². The fourth-order valence-corrected chi connectivity index (χ4v) is 3.13. The molecule has 0 unspecified atom stereocenters. The Morgan fingerprint density at radius 2 is 1.93 bits per heavy atom. The first kappa shape index (κ1) is 18.7. The Morgan fingerprint density at radius 3 is 2.72 bits per heavy atom. The van der Waals surface area contributed by atoms with Gasteiger partial charge in [0.1, 0.15) is 11.4 Å². The van der Waals surface area contributed by atoms with Gasteiger partial charge in [0.05, 0.1) is 19.0 Å². The lowest BCUT2D eigenvalue weighted by atomic mass is 10.0. The normalized spacial score (nSPS) is 11.1. The number of nitrogens with zero attached hydrogens (tertiary/aromatic N) is 2. The van der Waals surface area contributed by atoms with Gasteiger partial charge in [-0.1, -0.05) is 54.1 Å². The molecule has 1 amide bonds. The fourth-order valence-electron chi connectivity index (χ4n) is 3.01. The van der Waals surface area contributed by atoms with Crippen LogP contribution in [0.2, 0.25) is 5.02 Å². The van der Waals surface area contributed by atoms with Crippen LogP contribution in [0.25, 0.3) is 22.0 Å². The van der Waals surface area contributed by atoms with Gasteiger partial charge in [0.15, 0.2) is 0 Å². The van der Waals surface area contributed by atoms with Crippen LogP contribution in [0.5, 0.6) is 5.75 Å². The maximum atomic E-state index is 12.4. The fraction of sp³-hybridized carbons (Fsp3) is 0.0455. The summed E-state index contributed by atoms with van der Waals surface area (Å²) in [5.74, 6) is 0.279. The minimum absolute atomic E-state index is 0.303. The summed E-state index contributed by atoms with van der Waals surface area (Å²) in [4.78, 5) is 12.4. The maximum Gasteiger partial charge on any atom is 0.289 e. The molecule has 6 nitrogen and oxygen atoms in total. The molecule has 144 valence electrons. The molecule has 0 bridgehead atoms. The van der Waals surface area contributed by atoms with Crippen LogP contribution in [-0.2, 0) is 0 Å². The summed E-state index contributed by atoms with van der Waals surface area (Å²) in [5.41, 5.74) is 5.11. The molecule has 0 saturated heterocycles. The number of rotatable bonds is 5. The first-order valence-corrected chi connectivity index (χ1v) is 9.24. The lowest BCUT2D eigenvalue weighted by molar-refractivity contribution is 0.0950. The minimum atomic E-state index is -0.395. The minimum Gasteiger partial charge on any atom is -0.496 e. The van der Waals surface area contributed by atoms with Crippen molar-refractivity contribution in [2.75, 3.05) is 7.11 Å². The highest BCUT2D eigenvalue weighted by Gasteiger charge is 2.11. The molecule has 0 saturated carbocycles. The molecule has 0 fully saturated rings. The molecular weight excluding hydrogens is 388 g/mol. The molecule has 0 aliphatic rings. The van der Waals surface area contributed by atoms with E-state index in [-0.39, 0.29) is 0 Å². The van der Waals surface area contributed by atoms with Crippen molar-refractivity contribution >= 4 is 34.5 Å². The van der Waals surface area contributed by atoms with Crippen LogP contribution in [0.4, 0.5) is 0 Å². The van der Waals surface area contributed by atoms with E-state index in [0.29, 0.717) is 22.2 Å². The summed E-state index contributed by atoms with van der Waals surface area (Å²) in [5, 5.41) is 13.7. The zero-order valence-electron chi connectivity index (χ0n) is 15.5. The van der Waals surface area contributed by atoms with Crippen LogP contribution in [0, 0.1) is 0 Å². The third kappa shape index (κ3) is 3.97. The zero-order valence-corrected chi connectivity index (χ0v) is 16.3. The Bertz CT molecular complexity index is 1200. The van der Waals surface area contributed by atoms with E-state index in [9.17, 15) is 4.79 Å². The number of carbonyl (C=O) groups excluding carboxylic acids is 1. The molecule has 4 aromatic rings. The van der Waals surface area contributed by atoms with Crippen molar-refractivity contribution in [2.45, 2.75) is 0 Å². The first-order chi connectivity index (χ1) is 14.2. The van der Waals surface area contributed by atoms with Crippen molar-refractivity contribution in [3.63, 3.8) is 0 Å². The summed E-state index contributed by atoms with van der Waals surface area (Å²) < 4.78 is 5.43. The summed E-state index contributed by atoms with van der Waals surface area (Å²) in [6.45, 7) is 0. The summed E-state index contributed by atoms with van der Waals surface area (Å²) >= 11 is 5.90. The first-order valence-electron chi connectivity index (χ1n) is 8.86. The number of aromatic nitrogens is 2. The third-order valence-electron chi connectivity index (χ3n) is 4.47. The van der Waals surface area contributed by atoms with Crippen LogP contribution >= 0.6 is 11.6 Å². The van der Waals surface area contributed by atoms with Crippen LogP contribution < -0.4 is 10.2 Å². The van der Waals surface area contributed by atoms with Gasteiger partial charge in [0, 0.05) is 16.1 Å². The molecule has 0 aliphatic heterocycles. The van der Waals surface area contributed by atoms with Crippen LogP contribution in [0.1, 0.15) is 16.1 Å². The summed E-state index contributed by atoms with van der Waals surface area (Å²) in [7, 11) is 1.60. The summed E-state index contributed by atoms with van der Waals surface area (Å²) in [6.07, 6.45) is 1.58. The van der Waals surface area contributed by atoms with Crippen LogP contribution in [0.3, 0.4) is 0 Å². The number of benzene rings is 3. The Kier molecular flexibility index (Phi) is 5.27. The van der Waals surface area contributed by atoms with E-state index >= 15 is 0 Å². The predicted molar refractivity (Wildman–Crippen MR) is 115 cm³/mol. The molecule has 2 N–H and O–H groups in total. The molecule has 4 rings (SSSR count).